The number of halogens is 1. The van der Waals surface area contributed by atoms with E-state index in [4.69, 9.17) is 11.5 Å². The van der Waals surface area contributed by atoms with E-state index < -0.39 is 0 Å². The average molecular weight is 270 g/mol. The molecule has 0 aromatic rings. The van der Waals surface area contributed by atoms with Gasteiger partial charge in [-0.25, -0.2) is 10.9 Å². The number of rotatable bonds is 1. The molecule has 0 saturated carbocycles. The predicted octanol–water partition coefficient (Wildman–Crippen LogP) is -0.711. The third kappa shape index (κ3) is 1.52. The minimum absolute atomic E-state index is 0.0330. The first kappa shape index (κ1) is 9.66. The number of nitrogens with two attached hydrogens (primary N) is 2. The maximum absolute atomic E-state index is 5.90. The summed E-state index contributed by atoms with van der Waals surface area (Å²) in [5.41, 5.74) is 17.6. The lowest BCUT2D eigenvalue weighted by atomic mass is 9.91. The van der Waals surface area contributed by atoms with Crippen LogP contribution in [-0.4, -0.2) is 21.7 Å². The van der Waals surface area contributed by atoms with Crippen molar-refractivity contribution >= 4 is 22.6 Å². The summed E-state index contributed by atoms with van der Waals surface area (Å²) in [6.45, 7) is 4.20. The fraction of sp³-hybridized carbons (Fsp3) is 1.00. The Hall–Kier alpha value is 0.570. The zero-order chi connectivity index (χ0) is 8.65. The van der Waals surface area contributed by atoms with Gasteiger partial charge in [0, 0.05) is 3.92 Å². The molecule has 1 rings (SSSR count). The van der Waals surface area contributed by atoms with E-state index in [1.165, 1.54) is 0 Å². The smallest absolute Gasteiger partial charge is 0.0851 e. The first-order chi connectivity index (χ1) is 4.98. The monoisotopic (exact) mass is 270 g/mol. The molecule has 0 aliphatic carbocycles. The third-order valence-corrected chi connectivity index (χ3v) is 3.71. The molecule has 1 heterocycles. The van der Waals surface area contributed by atoms with E-state index in [-0.39, 0.29) is 17.7 Å². The van der Waals surface area contributed by atoms with Gasteiger partial charge in [-0.3, -0.25) is 0 Å². The van der Waals surface area contributed by atoms with Gasteiger partial charge < -0.3 is 11.5 Å². The van der Waals surface area contributed by atoms with Crippen LogP contribution in [0.4, 0.5) is 0 Å². The zero-order valence-corrected chi connectivity index (χ0v) is 8.92. The van der Waals surface area contributed by atoms with E-state index in [9.17, 15) is 0 Å². The van der Waals surface area contributed by atoms with Crippen LogP contribution in [0.2, 0.25) is 0 Å². The molecule has 1 aliphatic heterocycles. The summed E-state index contributed by atoms with van der Waals surface area (Å²) in [4.78, 5) is 0. The van der Waals surface area contributed by atoms with Crippen molar-refractivity contribution in [3.8, 4) is 0 Å². The molecular weight excluding hydrogens is 255 g/mol. The van der Waals surface area contributed by atoms with Crippen LogP contribution in [0.25, 0.3) is 0 Å². The Morgan fingerprint density at radius 1 is 1.55 bits per heavy atom. The second-order valence-electron chi connectivity index (χ2n) is 3.22. The Morgan fingerprint density at radius 3 is 2.27 bits per heavy atom. The van der Waals surface area contributed by atoms with Gasteiger partial charge in [-0.15, -0.1) is 0 Å². The highest BCUT2D eigenvalue weighted by molar-refractivity contribution is 14.1. The van der Waals surface area contributed by atoms with Crippen molar-refractivity contribution in [3.63, 3.8) is 0 Å². The summed E-state index contributed by atoms with van der Waals surface area (Å²) < 4.78 is 0.441. The number of hydrogen-bond donors (Lipinski definition) is 4. The summed E-state index contributed by atoms with van der Waals surface area (Å²) in [6, 6.07) is -0.0330. The Bertz CT molecular complexity index is 152. The maximum atomic E-state index is 5.90. The largest absolute Gasteiger partial charge is 0.324 e. The number of hydrogen-bond acceptors (Lipinski definition) is 4. The van der Waals surface area contributed by atoms with Crippen molar-refractivity contribution in [3.05, 3.63) is 0 Å². The first-order valence-corrected chi connectivity index (χ1v) is 4.91. The number of hydrazine groups is 1. The summed E-state index contributed by atoms with van der Waals surface area (Å²) in [6.07, 6.45) is -0.141. The van der Waals surface area contributed by atoms with Crippen LogP contribution in [-0.2, 0) is 0 Å². The second kappa shape index (κ2) is 3.14. The van der Waals surface area contributed by atoms with Crippen LogP contribution in [0.3, 0.4) is 0 Å². The SMILES string of the molecule is C[C@H](I)C1(C)NNC(N)C1N. The Morgan fingerprint density at radius 2 is 2.09 bits per heavy atom. The highest BCUT2D eigenvalue weighted by Crippen LogP contribution is 2.24. The van der Waals surface area contributed by atoms with E-state index in [1.54, 1.807) is 0 Å². The summed E-state index contributed by atoms with van der Waals surface area (Å²) >= 11 is 2.35. The average Bonchev–Trinajstić information content (AvgIpc) is 2.18. The lowest BCUT2D eigenvalue weighted by Crippen LogP contribution is -2.57. The first-order valence-electron chi connectivity index (χ1n) is 3.66. The van der Waals surface area contributed by atoms with Gasteiger partial charge in [0.2, 0.25) is 0 Å². The molecule has 66 valence electrons. The van der Waals surface area contributed by atoms with Gasteiger partial charge in [-0.05, 0) is 6.92 Å². The highest BCUT2D eigenvalue weighted by atomic mass is 127. The molecule has 1 fully saturated rings. The molecule has 0 bridgehead atoms. The normalized spacial score (nSPS) is 47.7. The maximum Gasteiger partial charge on any atom is 0.0851 e. The fourth-order valence-electron chi connectivity index (χ4n) is 1.15. The van der Waals surface area contributed by atoms with Crippen LogP contribution >= 0.6 is 22.6 Å². The van der Waals surface area contributed by atoms with Crippen LogP contribution in [0, 0.1) is 0 Å². The molecule has 0 amide bonds. The quantitative estimate of drug-likeness (QED) is 0.375. The lowest BCUT2D eigenvalue weighted by molar-refractivity contribution is 0.362. The van der Waals surface area contributed by atoms with Gasteiger partial charge in [0.1, 0.15) is 0 Å². The lowest BCUT2D eigenvalue weighted by Gasteiger charge is -2.31. The molecule has 0 radical (unpaired) electrons. The molecule has 11 heavy (non-hydrogen) atoms. The molecule has 5 heteroatoms. The third-order valence-electron chi connectivity index (χ3n) is 2.41. The summed E-state index contributed by atoms with van der Waals surface area (Å²) in [5, 5.41) is 0. The molecule has 3 unspecified atom stereocenters. The van der Waals surface area contributed by atoms with Crippen molar-refractivity contribution in [2.45, 2.75) is 35.5 Å². The van der Waals surface area contributed by atoms with Crippen LogP contribution in [0.15, 0.2) is 0 Å². The highest BCUT2D eigenvalue weighted by Gasteiger charge is 2.44. The van der Waals surface area contributed by atoms with Gasteiger partial charge in [-0.2, -0.15) is 0 Å². The van der Waals surface area contributed by atoms with E-state index in [0.717, 1.165) is 0 Å². The van der Waals surface area contributed by atoms with Crippen LogP contribution < -0.4 is 22.3 Å². The topological polar surface area (TPSA) is 76.1 Å². The van der Waals surface area contributed by atoms with Crippen molar-refractivity contribution in [2.24, 2.45) is 11.5 Å². The molecule has 0 aromatic heterocycles. The van der Waals surface area contributed by atoms with Gasteiger partial charge >= 0.3 is 0 Å². The predicted molar refractivity (Wildman–Crippen MR) is 54.1 cm³/mol. The number of alkyl halides is 1. The standard InChI is InChI=1S/C6H15IN4/c1-3(7)6(2)4(8)5(9)10-11-6/h3-5,10-11H,8-9H2,1-2H3/t3-,4?,5?,6?/m0/s1. The Labute approximate surface area is 80.6 Å². The van der Waals surface area contributed by atoms with Gasteiger partial charge in [-0.1, -0.05) is 29.5 Å². The van der Waals surface area contributed by atoms with Gasteiger partial charge in [0.05, 0.1) is 17.7 Å². The zero-order valence-electron chi connectivity index (χ0n) is 6.76. The van der Waals surface area contributed by atoms with Crippen molar-refractivity contribution in [2.75, 3.05) is 0 Å². The van der Waals surface area contributed by atoms with Gasteiger partial charge in [0.25, 0.3) is 0 Å². The molecule has 4 nitrogen and oxygen atoms in total. The van der Waals surface area contributed by atoms with E-state index >= 15 is 0 Å². The second-order valence-corrected chi connectivity index (χ2v) is 5.09. The molecule has 4 atom stereocenters. The number of nitrogens with one attached hydrogen (secondary N) is 2. The molecule has 0 aromatic carbocycles. The Balaban J connectivity index is 2.73. The van der Waals surface area contributed by atoms with E-state index in [0.29, 0.717) is 3.92 Å². The molecular formula is C6H15IN4. The summed E-state index contributed by atoms with van der Waals surface area (Å²) in [7, 11) is 0. The summed E-state index contributed by atoms with van der Waals surface area (Å²) in [5.74, 6) is 0. The van der Waals surface area contributed by atoms with Crippen molar-refractivity contribution < 1.29 is 0 Å². The van der Waals surface area contributed by atoms with Crippen molar-refractivity contribution in [1.82, 2.24) is 10.9 Å². The fourth-order valence-corrected chi connectivity index (χ4v) is 1.72. The minimum atomic E-state index is -0.141. The van der Waals surface area contributed by atoms with Crippen LogP contribution in [0.5, 0.6) is 0 Å². The minimum Gasteiger partial charge on any atom is -0.324 e. The Kier molecular flexibility index (Phi) is 2.75. The van der Waals surface area contributed by atoms with Crippen LogP contribution in [0.1, 0.15) is 13.8 Å². The van der Waals surface area contributed by atoms with E-state index in [1.807, 2.05) is 0 Å². The van der Waals surface area contributed by atoms with Crippen molar-refractivity contribution in [1.29, 1.82) is 0 Å². The molecule has 1 aliphatic rings. The van der Waals surface area contributed by atoms with E-state index in [2.05, 4.69) is 47.3 Å². The molecule has 6 N–H and O–H groups in total. The molecule has 0 spiro atoms. The van der Waals surface area contributed by atoms with Gasteiger partial charge in [0.15, 0.2) is 0 Å². The molecule has 1 saturated heterocycles.